The standard InChI is InChI=1S/C18H26F3N3OS/c1-3-22-17(24-14-6-9-16(10-14)26-2)23-11-13-4-7-15(8-5-13)25-12-18(19,20)21/h4-5,7-8,14,16H,3,6,9-12H2,1-2H3,(H2,22,23,24). The van der Waals surface area contributed by atoms with E-state index in [9.17, 15) is 13.2 Å². The molecule has 1 fully saturated rings. The van der Waals surface area contributed by atoms with Crippen molar-refractivity contribution in [3.63, 3.8) is 0 Å². The van der Waals surface area contributed by atoms with E-state index in [-0.39, 0.29) is 5.75 Å². The predicted molar refractivity (Wildman–Crippen MR) is 101 cm³/mol. The highest BCUT2D eigenvalue weighted by molar-refractivity contribution is 7.99. The molecule has 1 saturated carbocycles. The molecule has 0 heterocycles. The quantitative estimate of drug-likeness (QED) is 0.547. The fourth-order valence-corrected chi connectivity index (χ4v) is 3.62. The maximum atomic E-state index is 12.2. The number of guanidine groups is 1. The smallest absolute Gasteiger partial charge is 0.422 e. The summed E-state index contributed by atoms with van der Waals surface area (Å²) in [5.41, 5.74) is 0.912. The average Bonchev–Trinajstić information content (AvgIpc) is 3.06. The molecular weight excluding hydrogens is 363 g/mol. The van der Waals surface area contributed by atoms with Gasteiger partial charge in [-0.25, -0.2) is 4.99 Å². The first-order chi connectivity index (χ1) is 12.4. The Morgan fingerprint density at radius 1 is 1.27 bits per heavy atom. The predicted octanol–water partition coefficient (Wildman–Crippen LogP) is 3.97. The lowest BCUT2D eigenvalue weighted by Crippen LogP contribution is -2.42. The van der Waals surface area contributed by atoms with Crippen LogP contribution >= 0.6 is 11.8 Å². The molecule has 2 N–H and O–H groups in total. The molecule has 0 radical (unpaired) electrons. The summed E-state index contributed by atoms with van der Waals surface area (Å²) in [6.07, 6.45) is 1.31. The van der Waals surface area contributed by atoms with Crippen LogP contribution in [0, 0.1) is 0 Å². The van der Waals surface area contributed by atoms with Crippen LogP contribution in [0.25, 0.3) is 0 Å². The number of nitrogens with zero attached hydrogens (tertiary/aromatic N) is 1. The number of benzene rings is 1. The lowest BCUT2D eigenvalue weighted by Gasteiger charge is -2.17. The van der Waals surface area contributed by atoms with Crippen LogP contribution in [0.1, 0.15) is 31.7 Å². The molecule has 1 aromatic carbocycles. The molecule has 4 nitrogen and oxygen atoms in total. The number of nitrogens with one attached hydrogen (secondary N) is 2. The number of alkyl halides is 3. The van der Waals surface area contributed by atoms with E-state index in [2.05, 4.69) is 21.9 Å². The molecule has 0 bridgehead atoms. The Kier molecular flexibility index (Phi) is 7.93. The van der Waals surface area contributed by atoms with E-state index in [0.717, 1.165) is 30.9 Å². The number of hydrogen-bond donors (Lipinski definition) is 2. The van der Waals surface area contributed by atoms with Gasteiger partial charge in [0.1, 0.15) is 5.75 Å². The third-order valence-electron chi connectivity index (χ3n) is 4.15. The molecule has 8 heteroatoms. The van der Waals surface area contributed by atoms with E-state index < -0.39 is 12.8 Å². The SMILES string of the molecule is CCNC(=NCc1ccc(OCC(F)(F)F)cc1)NC1CCC(SC)C1. The average molecular weight is 389 g/mol. The number of rotatable bonds is 7. The van der Waals surface area contributed by atoms with Gasteiger partial charge in [0.15, 0.2) is 12.6 Å². The van der Waals surface area contributed by atoms with E-state index in [1.165, 1.54) is 18.6 Å². The van der Waals surface area contributed by atoms with Gasteiger partial charge >= 0.3 is 6.18 Å². The molecule has 0 amide bonds. The third-order valence-corrected chi connectivity index (χ3v) is 5.24. The van der Waals surface area contributed by atoms with Gasteiger partial charge in [-0.15, -0.1) is 0 Å². The maximum Gasteiger partial charge on any atom is 0.422 e. The molecule has 1 aromatic rings. The molecule has 0 aliphatic heterocycles. The summed E-state index contributed by atoms with van der Waals surface area (Å²) in [6, 6.07) is 6.98. The molecule has 2 unspecified atom stereocenters. The van der Waals surface area contributed by atoms with Crippen molar-refractivity contribution >= 4 is 17.7 Å². The molecule has 2 atom stereocenters. The highest BCUT2D eigenvalue weighted by atomic mass is 32.2. The lowest BCUT2D eigenvalue weighted by atomic mass is 10.2. The van der Waals surface area contributed by atoms with Gasteiger partial charge in [0.05, 0.1) is 6.54 Å². The fraction of sp³-hybridized carbons (Fsp3) is 0.611. The van der Waals surface area contributed by atoms with Crippen LogP contribution < -0.4 is 15.4 Å². The van der Waals surface area contributed by atoms with Crippen molar-refractivity contribution in [2.45, 2.75) is 50.2 Å². The molecule has 0 saturated heterocycles. The van der Waals surface area contributed by atoms with Crippen molar-refractivity contribution in [3.8, 4) is 5.75 Å². The summed E-state index contributed by atoms with van der Waals surface area (Å²) >= 11 is 1.91. The first-order valence-electron chi connectivity index (χ1n) is 8.75. The van der Waals surface area contributed by atoms with Gasteiger partial charge in [-0.1, -0.05) is 12.1 Å². The highest BCUT2D eigenvalue weighted by Gasteiger charge is 2.28. The van der Waals surface area contributed by atoms with Crippen molar-refractivity contribution in [1.82, 2.24) is 10.6 Å². The van der Waals surface area contributed by atoms with E-state index >= 15 is 0 Å². The molecule has 2 rings (SSSR count). The zero-order valence-corrected chi connectivity index (χ0v) is 15.9. The maximum absolute atomic E-state index is 12.2. The molecule has 1 aliphatic rings. The number of thioether (sulfide) groups is 1. The lowest BCUT2D eigenvalue weighted by molar-refractivity contribution is -0.153. The van der Waals surface area contributed by atoms with Crippen molar-refractivity contribution in [2.24, 2.45) is 4.99 Å². The summed E-state index contributed by atoms with van der Waals surface area (Å²) in [7, 11) is 0. The molecule has 0 aromatic heterocycles. The summed E-state index contributed by atoms with van der Waals surface area (Å²) in [5.74, 6) is 0.978. The molecular formula is C18H26F3N3OS. The second kappa shape index (κ2) is 9.94. The summed E-state index contributed by atoms with van der Waals surface area (Å²) in [5, 5.41) is 7.43. The molecule has 0 spiro atoms. The third kappa shape index (κ3) is 7.35. The summed E-state index contributed by atoms with van der Waals surface area (Å²) in [4.78, 5) is 4.58. The summed E-state index contributed by atoms with van der Waals surface area (Å²) in [6.45, 7) is 1.96. The van der Waals surface area contributed by atoms with Gasteiger partial charge in [-0.2, -0.15) is 24.9 Å². The largest absolute Gasteiger partial charge is 0.484 e. The van der Waals surface area contributed by atoms with Crippen molar-refractivity contribution in [2.75, 3.05) is 19.4 Å². The minimum atomic E-state index is -4.33. The Morgan fingerprint density at radius 2 is 2.00 bits per heavy atom. The fourth-order valence-electron chi connectivity index (χ4n) is 2.83. The Hall–Kier alpha value is -1.57. The van der Waals surface area contributed by atoms with E-state index in [4.69, 9.17) is 4.74 Å². The van der Waals surface area contributed by atoms with Crippen LogP contribution in [0.15, 0.2) is 29.3 Å². The highest BCUT2D eigenvalue weighted by Crippen LogP contribution is 2.28. The van der Waals surface area contributed by atoms with Crippen molar-refractivity contribution < 1.29 is 17.9 Å². The topological polar surface area (TPSA) is 45.7 Å². The Labute approximate surface area is 157 Å². The first kappa shape index (κ1) is 20.7. The Morgan fingerprint density at radius 3 is 2.58 bits per heavy atom. The number of ether oxygens (including phenoxy) is 1. The first-order valence-corrected chi connectivity index (χ1v) is 10.0. The number of hydrogen-bond acceptors (Lipinski definition) is 3. The minimum absolute atomic E-state index is 0.203. The van der Waals surface area contributed by atoms with Gasteiger partial charge in [-0.3, -0.25) is 0 Å². The number of halogens is 3. The van der Waals surface area contributed by atoms with Crippen molar-refractivity contribution in [1.29, 1.82) is 0 Å². The van der Waals surface area contributed by atoms with Crippen LogP contribution in [-0.4, -0.2) is 42.8 Å². The molecule has 1 aliphatic carbocycles. The van der Waals surface area contributed by atoms with Crippen LogP contribution in [-0.2, 0) is 6.54 Å². The zero-order chi connectivity index (χ0) is 19.0. The molecule has 26 heavy (non-hydrogen) atoms. The van der Waals surface area contributed by atoms with Crippen molar-refractivity contribution in [3.05, 3.63) is 29.8 Å². The van der Waals surface area contributed by atoms with Gasteiger partial charge in [0, 0.05) is 17.8 Å². The normalized spacial score (nSPS) is 20.9. The van der Waals surface area contributed by atoms with Gasteiger partial charge in [-0.05, 0) is 50.1 Å². The van der Waals surface area contributed by atoms with E-state index in [1.54, 1.807) is 12.1 Å². The number of aliphatic imine (C=N–C) groups is 1. The van der Waals surface area contributed by atoms with Crippen LogP contribution in [0.4, 0.5) is 13.2 Å². The summed E-state index contributed by atoms with van der Waals surface area (Å²) < 4.78 is 41.2. The van der Waals surface area contributed by atoms with Gasteiger partial charge in [0.25, 0.3) is 0 Å². The van der Waals surface area contributed by atoms with Crippen LogP contribution in [0.5, 0.6) is 5.75 Å². The second-order valence-corrected chi connectivity index (χ2v) is 7.39. The van der Waals surface area contributed by atoms with E-state index in [1.807, 2.05) is 18.7 Å². The van der Waals surface area contributed by atoms with Gasteiger partial charge < -0.3 is 15.4 Å². The van der Waals surface area contributed by atoms with E-state index in [0.29, 0.717) is 17.8 Å². The van der Waals surface area contributed by atoms with Crippen LogP contribution in [0.3, 0.4) is 0 Å². The minimum Gasteiger partial charge on any atom is -0.484 e. The Bertz CT molecular complexity index is 578. The van der Waals surface area contributed by atoms with Crippen LogP contribution in [0.2, 0.25) is 0 Å². The Balaban J connectivity index is 1.88. The second-order valence-electron chi connectivity index (χ2n) is 6.25. The monoisotopic (exact) mass is 389 g/mol. The zero-order valence-electron chi connectivity index (χ0n) is 15.1. The molecule has 146 valence electrons. The van der Waals surface area contributed by atoms with Gasteiger partial charge in [0.2, 0.25) is 0 Å².